The van der Waals surface area contributed by atoms with Gasteiger partial charge in [0.25, 0.3) is 5.91 Å². The molecular weight excluding hydrogens is 256 g/mol. The number of hydrogen-bond acceptors (Lipinski definition) is 4. The summed E-state index contributed by atoms with van der Waals surface area (Å²) < 4.78 is 5.06. The molecule has 1 heterocycles. The van der Waals surface area contributed by atoms with Crippen LogP contribution in [0.15, 0.2) is 34.9 Å². The van der Waals surface area contributed by atoms with E-state index in [9.17, 15) is 4.79 Å². The van der Waals surface area contributed by atoms with Crippen LogP contribution in [0.4, 0.5) is 0 Å². The van der Waals surface area contributed by atoms with E-state index in [1.807, 2.05) is 38.1 Å². The Morgan fingerprint density at radius 1 is 1.40 bits per heavy atom. The highest BCUT2D eigenvalue weighted by molar-refractivity contribution is 5.92. The van der Waals surface area contributed by atoms with Gasteiger partial charge in [-0.15, -0.1) is 0 Å². The molecule has 106 valence electrons. The number of rotatable bonds is 5. The molecule has 0 aliphatic carbocycles. The lowest BCUT2D eigenvalue weighted by Gasteiger charge is -2.11. The molecule has 20 heavy (non-hydrogen) atoms. The van der Waals surface area contributed by atoms with Crippen LogP contribution in [0, 0.1) is 6.92 Å². The van der Waals surface area contributed by atoms with E-state index < -0.39 is 0 Å². The molecule has 0 saturated heterocycles. The second-order valence-electron chi connectivity index (χ2n) is 4.70. The highest BCUT2D eigenvalue weighted by Gasteiger charge is 2.16. The van der Waals surface area contributed by atoms with E-state index in [0.29, 0.717) is 12.1 Å². The van der Waals surface area contributed by atoms with Crippen molar-refractivity contribution in [2.75, 3.05) is 6.61 Å². The Balaban J connectivity index is 2.12. The summed E-state index contributed by atoms with van der Waals surface area (Å²) in [5.41, 5.74) is 2.67. The van der Waals surface area contributed by atoms with Gasteiger partial charge in [-0.2, -0.15) is 0 Å². The predicted octanol–water partition coefficient (Wildman–Crippen LogP) is 2.15. The summed E-state index contributed by atoms with van der Waals surface area (Å²) >= 11 is 0. The highest BCUT2D eigenvalue weighted by atomic mass is 16.5. The molecule has 0 aliphatic rings. The minimum atomic E-state index is -0.364. The van der Waals surface area contributed by atoms with Crippen LogP contribution in [0.2, 0.25) is 0 Å². The zero-order chi connectivity index (χ0) is 14.5. The molecule has 2 aromatic rings. The van der Waals surface area contributed by atoms with Crippen LogP contribution in [-0.2, 0) is 0 Å². The molecule has 0 saturated carbocycles. The lowest BCUT2D eigenvalue weighted by Crippen LogP contribution is -2.36. The smallest absolute Gasteiger partial charge is 0.290 e. The molecule has 0 bridgehead atoms. The fraction of sp³-hybridized carbons (Fsp3) is 0.333. The normalized spacial score (nSPS) is 12.2. The number of aliphatic hydroxyl groups is 1. The van der Waals surface area contributed by atoms with Crippen molar-refractivity contribution in [2.45, 2.75) is 26.3 Å². The fourth-order valence-corrected chi connectivity index (χ4v) is 1.78. The molecule has 5 heteroatoms. The van der Waals surface area contributed by atoms with Gasteiger partial charge >= 0.3 is 0 Å². The first-order valence-electron chi connectivity index (χ1n) is 6.59. The molecule has 5 nitrogen and oxygen atoms in total. The van der Waals surface area contributed by atoms with Crippen molar-refractivity contribution in [1.82, 2.24) is 10.5 Å². The third-order valence-corrected chi connectivity index (χ3v) is 3.13. The first-order chi connectivity index (χ1) is 9.63. The van der Waals surface area contributed by atoms with Gasteiger partial charge in [0.05, 0.1) is 12.6 Å². The minimum Gasteiger partial charge on any atom is -0.394 e. The summed E-state index contributed by atoms with van der Waals surface area (Å²) in [5.74, 6) is -0.218. The zero-order valence-corrected chi connectivity index (χ0v) is 11.6. The van der Waals surface area contributed by atoms with Crippen molar-refractivity contribution in [1.29, 1.82) is 0 Å². The number of aliphatic hydroxyl groups excluding tert-OH is 1. The van der Waals surface area contributed by atoms with Crippen molar-refractivity contribution in [3.05, 3.63) is 41.7 Å². The van der Waals surface area contributed by atoms with E-state index >= 15 is 0 Å². The maximum atomic E-state index is 11.9. The van der Waals surface area contributed by atoms with Gasteiger partial charge in [-0.05, 0) is 13.3 Å². The van der Waals surface area contributed by atoms with Gasteiger partial charge in [0.15, 0.2) is 0 Å². The molecule has 1 unspecified atom stereocenters. The van der Waals surface area contributed by atoms with Crippen molar-refractivity contribution in [3.8, 4) is 11.3 Å². The van der Waals surface area contributed by atoms with E-state index in [1.165, 1.54) is 0 Å². The standard InChI is InChI=1S/C15H18N2O3/c1-3-12(9-18)16-15(19)14-8-13(17-20-14)11-6-4-10(2)5-7-11/h4-8,12,18H,3,9H2,1-2H3,(H,16,19). The fourth-order valence-electron chi connectivity index (χ4n) is 1.78. The average Bonchev–Trinajstić information content (AvgIpc) is 2.95. The molecule has 0 aliphatic heterocycles. The first kappa shape index (κ1) is 14.3. The first-order valence-corrected chi connectivity index (χ1v) is 6.59. The van der Waals surface area contributed by atoms with Crippen LogP contribution in [-0.4, -0.2) is 28.8 Å². The Kier molecular flexibility index (Phi) is 4.53. The molecule has 0 radical (unpaired) electrons. The van der Waals surface area contributed by atoms with E-state index in [4.69, 9.17) is 9.63 Å². The van der Waals surface area contributed by atoms with Gasteiger partial charge in [-0.1, -0.05) is 41.9 Å². The van der Waals surface area contributed by atoms with Crippen molar-refractivity contribution >= 4 is 5.91 Å². The molecule has 1 aromatic carbocycles. The van der Waals surface area contributed by atoms with Crippen LogP contribution in [0.3, 0.4) is 0 Å². The Morgan fingerprint density at radius 3 is 2.70 bits per heavy atom. The summed E-state index contributed by atoms with van der Waals surface area (Å²) in [6, 6.07) is 9.14. The van der Waals surface area contributed by atoms with Crippen LogP contribution in [0.1, 0.15) is 29.5 Å². The van der Waals surface area contributed by atoms with Crippen molar-refractivity contribution < 1.29 is 14.4 Å². The Morgan fingerprint density at radius 2 is 2.10 bits per heavy atom. The van der Waals surface area contributed by atoms with Gasteiger partial charge in [-0.25, -0.2) is 0 Å². The van der Waals surface area contributed by atoms with Gasteiger partial charge in [0, 0.05) is 11.6 Å². The number of benzene rings is 1. The molecule has 1 atom stereocenters. The number of aromatic nitrogens is 1. The predicted molar refractivity (Wildman–Crippen MR) is 75.3 cm³/mol. The third-order valence-electron chi connectivity index (χ3n) is 3.13. The third kappa shape index (κ3) is 3.24. The largest absolute Gasteiger partial charge is 0.394 e. The van der Waals surface area contributed by atoms with E-state index in [0.717, 1.165) is 11.1 Å². The van der Waals surface area contributed by atoms with Gasteiger partial charge in [0.2, 0.25) is 5.76 Å². The molecule has 0 fully saturated rings. The second-order valence-corrected chi connectivity index (χ2v) is 4.70. The van der Waals surface area contributed by atoms with Crippen molar-refractivity contribution in [3.63, 3.8) is 0 Å². The maximum Gasteiger partial charge on any atom is 0.290 e. The van der Waals surface area contributed by atoms with Crippen LogP contribution in [0.5, 0.6) is 0 Å². The number of carbonyl (C=O) groups is 1. The number of amides is 1. The maximum absolute atomic E-state index is 11.9. The molecule has 1 aromatic heterocycles. The molecule has 2 N–H and O–H groups in total. The lowest BCUT2D eigenvalue weighted by molar-refractivity contribution is 0.0878. The van der Waals surface area contributed by atoms with Crippen LogP contribution >= 0.6 is 0 Å². The van der Waals surface area contributed by atoms with Crippen LogP contribution < -0.4 is 5.32 Å². The number of hydrogen-bond donors (Lipinski definition) is 2. The highest BCUT2D eigenvalue weighted by Crippen LogP contribution is 2.19. The van der Waals surface area contributed by atoms with Gasteiger partial charge < -0.3 is 14.9 Å². The molecular formula is C15H18N2O3. The quantitative estimate of drug-likeness (QED) is 0.876. The Labute approximate surface area is 117 Å². The minimum absolute atomic E-state index is 0.0960. The van der Waals surface area contributed by atoms with Crippen molar-refractivity contribution in [2.24, 2.45) is 0 Å². The van der Waals surface area contributed by atoms with Gasteiger partial charge in [-0.3, -0.25) is 4.79 Å². The molecule has 2 rings (SSSR count). The average molecular weight is 274 g/mol. The SMILES string of the molecule is CCC(CO)NC(=O)c1cc(-c2ccc(C)cc2)no1. The molecule has 1 amide bonds. The molecule has 0 spiro atoms. The van der Waals surface area contributed by atoms with Crippen LogP contribution in [0.25, 0.3) is 11.3 Å². The number of carbonyl (C=O) groups excluding carboxylic acids is 1. The lowest BCUT2D eigenvalue weighted by atomic mass is 10.1. The summed E-state index contributed by atoms with van der Waals surface area (Å²) in [7, 11) is 0. The number of nitrogens with zero attached hydrogens (tertiary/aromatic N) is 1. The monoisotopic (exact) mass is 274 g/mol. The van der Waals surface area contributed by atoms with Gasteiger partial charge in [0.1, 0.15) is 5.69 Å². The Bertz CT molecular complexity index is 571. The summed E-state index contributed by atoms with van der Waals surface area (Å²) in [5, 5.41) is 15.7. The Hall–Kier alpha value is -2.14. The second kappa shape index (κ2) is 6.34. The number of aryl methyl sites for hydroxylation is 1. The topological polar surface area (TPSA) is 75.4 Å². The summed E-state index contributed by atoms with van der Waals surface area (Å²) in [6.07, 6.45) is 0.654. The van der Waals surface area contributed by atoms with E-state index in [1.54, 1.807) is 6.07 Å². The summed E-state index contributed by atoms with van der Waals surface area (Å²) in [6.45, 7) is 3.80. The van der Waals surface area contributed by atoms with E-state index in [-0.39, 0.29) is 24.3 Å². The van der Waals surface area contributed by atoms with E-state index in [2.05, 4.69) is 10.5 Å². The zero-order valence-electron chi connectivity index (χ0n) is 11.6. The summed E-state index contributed by atoms with van der Waals surface area (Å²) in [4.78, 5) is 11.9. The number of nitrogens with one attached hydrogen (secondary N) is 1.